The molecule has 0 spiro atoms. The molecule has 3 aromatic heterocycles. The van der Waals surface area contributed by atoms with Gasteiger partial charge in [0, 0.05) is 10.0 Å². The van der Waals surface area contributed by atoms with Crippen molar-refractivity contribution in [1.82, 2.24) is 29.5 Å². The second-order valence-corrected chi connectivity index (χ2v) is 7.61. The smallest absolute Gasteiger partial charge is 0.264 e. The zero-order valence-electron chi connectivity index (χ0n) is 16.3. The molecule has 5 aromatic rings. The number of nitrogens with zero attached hydrogens (tertiary/aromatic N) is 6. The molecule has 9 nitrogen and oxygen atoms in total. The van der Waals surface area contributed by atoms with Crippen LogP contribution in [-0.4, -0.2) is 36.6 Å². The van der Waals surface area contributed by atoms with Crippen LogP contribution in [0.15, 0.2) is 74.8 Å². The Morgan fingerprint density at radius 1 is 1.16 bits per heavy atom. The Labute approximate surface area is 184 Å². The van der Waals surface area contributed by atoms with Crippen molar-refractivity contribution in [3.8, 4) is 22.8 Å². The third kappa shape index (κ3) is 3.61. The maximum Gasteiger partial charge on any atom is 0.264 e. The number of methoxy groups -OCH3 is 1. The first-order valence-corrected chi connectivity index (χ1v) is 10.1. The van der Waals surface area contributed by atoms with E-state index >= 15 is 0 Å². The zero-order chi connectivity index (χ0) is 21.4. The lowest BCUT2D eigenvalue weighted by Crippen LogP contribution is -2.21. The molecular formula is C21H15BrN6O3. The lowest BCUT2D eigenvalue weighted by atomic mass is 10.2. The molecule has 154 valence electrons. The molecule has 10 heteroatoms. The largest absolute Gasteiger partial charge is 0.497 e. The van der Waals surface area contributed by atoms with Crippen LogP contribution in [0.2, 0.25) is 0 Å². The molecule has 0 amide bonds. The van der Waals surface area contributed by atoms with Crippen LogP contribution in [0.1, 0.15) is 5.89 Å². The normalized spacial score (nSPS) is 11.2. The fourth-order valence-corrected chi connectivity index (χ4v) is 3.58. The Kier molecular flexibility index (Phi) is 4.83. The summed E-state index contributed by atoms with van der Waals surface area (Å²) in [6.07, 6.45) is 2.96. The van der Waals surface area contributed by atoms with E-state index in [1.807, 2.05) is 48.5 Å². The summed E-state index contributed by atoms with van der Waals surface area (Å²) in [6, 6.07) is 14.9. The molecule has 0 atom stereocenters. The highest BCUT2D eigenvalue weighted by Crippen LogP contribution is 2.21. The van der Waals surface area contributed by atoms with Gasteiger partial charge in [-0.3, -0.25) is 9.36 Å². The summed E-state index contributed by atoms with van der Waals surface area (Å²) in [5.41, 5.74) is 1.81. The number of hydrogen-bond donors (Lipinski definition) is 0. The molecule has 31 heavy (non-hydrogen) atoms. The molecule has 0 unspecified atom stereocenters. The average Bonchev–Trinajstić information content (AvgIpc) is 3.43. The third-order valence-electron chi connectivity index (χ3n) is 4.73. The standard InChI is InChI=1S/C21H15BrN6O3/c1-30-16-7-5-15(6-8-16)28-20-17(10-24-28)21(29)27(12-23-20)11-18-25-19(26-31-18)13-3-2-4-14(22)9-13/h2-10,12H,11H2,1H3. The minimum absolute atomic E-state index is 0.108. The van der Waals surface area contributed by atoms with Gasteiger partial charge in [-0.1, -0.05) is 33.2 Å². The maximum absolute atomic E-state index is 13.0. The first-order valence-electron chi connectivity index (χ1n) is 9.28. The first-order chi connectivity index (χ1) is 15.1. The first kappa shape index (κ1) is 19.2. The van der Waals surface area contributed by atoms with Gasteiger partial charge in [-0.15, -0.1) is 0 Å². The van der Waals surface area contributed by atoms with Crippen molar-refractivity contribution < 1.29 is 9.26 Å². The summed E-state index contributed by atoms with van der Waals surface area (Å²) in [6.45, 7) is 0.108. The highest BCUT2D eigenvalue weighted by molar-refractivity contribution is 9.10. The lowest BCUT2D eigenvalue weighted by molar-refractivity contribution is 0.369. The van der Waals surface area contributed by atoms with Crippen molar-refractivity contribution in [2.75, 3.05) is 7.11 Å². The van der Waals surface area contributed by atoms with E-state index in [4.69, 9.17) is 9.26 Å². The quantitative estimate of drug-likeness (QED) is 0.381. The Morgan fingerprint density at radius 3 is 2.77 bits per heavy atom. The van der Waals surface area contributed by atoms with Crippen LogP contribution < -0.4 is 10.3 Å². The summed E-state index contributed by atoms with van der Waals surface area (Å²) in [5.74, 6) is 1.49. The lowest BCUT2D eigenvalue weighted by Gasteiger charge is -2.05. The average molecular weight is 479 g/mol. The molecule has 0 radical (unpaired) electrons. The Bertz CT molecular complexity index is 1440. The molecule has 0 aliphatic rings. The molecule has 5 rings (SSSR count). The van der Waals surface area contributed by atoms with Gasteiger partial charge in [-0.05, 0) is 36.4 Å². The molecule has 0 saturated carbocycles. The number of benzene rings is 2. The molecule has 2 aromatic carbocycles. The van der Waals surface area contributed by atoms with E-state index in [1.54, 1.807) is 11.8 Å². The Morgan fingerprint density at radius 2 is 2.00 bits per heavy atom. The highest BCUT2D eigenvalue weighted by atomic mass is 79.9. The number of aromatic nitrogens is 6. The fourth-order valence-electron chi connectivity index (χ4n) is 3.18. The monoisotopic (exact) mass is 478 g/mol. The van der Waals surface area contributed by atoms with Gasteiger partial charge in [0.2, 0.25) is 11.7 Å². The van der Waals surface area contributed by atoms with Crippen LogP contribution in [0.25, 0.3) is 28.1 Å². The van der Waals surface area contributed by atoms with Crippen LogP contribution in [0.3, 0.4) is 0 Å². The number of ether oxygens (including phenoxy) is 1. The summed E-state index contributed by atoms with van der Waals surface area (Å²) in [5, 5.41) is 8.72. The Hall–Kier alpha value is -3.79. The van der Waals surface area contributed by atoms with Crippen molar-refractivity contribution in [3.63, 3.8) is 0 Å². The minimum atomic E-state index is -0.244. The van der Waals surface area contributed by atoms with Gasteiger partial charge >= 0.3 is 0 Å². The number of fused-ring (bicyclic) bond motifs is 1. The minimum Gasteiger partial charge on any atom is -0.497 e. The van der Waals surface area contributed by atoms with Gasteiger partial charge in [0.05, 0.1) is 19.0 Å². The van der Waals surface area contributed by atoms with E-state index < -0.39 is 0 Å². The molecule has 0 aliphatic carbocycles. The van der Waals surface area contributed by atoms with Crippen LogP contribution in [0.4, 0.5) is 0 Å². The highest BCUT2D eigenvalue weighted by Gasteiger charge is 2.14. The molecule has 0 saturated heterocycles. The fraction of sp³-hybridized carbons (Fsp3) is 0.0952. The number of halogens is 1. The Balaban J connectivity index is 1.45. The van der Waals surface area contributed by atoms with Gasteiger partial charge in [0.15, 0.2) is 5.65 Å². The summed E-state index contributed by atoms with van der Waals surface area (Å²) in [4.78, 5) is 21.8. The summed E-state index contributed by atoms with van der Waals surface area (Å²) >= 11 is 3.42. The van der Waals surface area contributed by atoms with Gasteiger partial charge in [-0.2, -0.15) is 10.1 Å². The summed E-state index contributed by atoms with van der Waals surface area (Å²) in [7, 11) is 1.60. The summed E-state index contributed by atoms with van der Waals surface area (Å²) < 4.78 is 14.4. The van der Waals surface area contributed by atoms with E-state index in [1.165, 1.54) is 17.1 Å². The van der Waals surface area contributed by atoms with Gasteiger partial charge in [-0.25, -0.2) is 9.67 Å². The van der Waals surface area contributed by atoms with Gasteiger partial charge in [0.25, 0.3) is 5.56 Å². The zero-order valence-corrected chi connectivity index (χ0v) is 17.9. The molecule has 3 heterocycles. The third-order valence-corrected chi connectivity index (χ3v) is 5.22. The van der Waals surface area contributed by atoms with Crippen molar-refractivity contribution in [3.05, 3.63) is 81.8 Å². The van der Waals surface area contributed by atoms with Crippen LogP contribution >= 0.6 is 15.9 Å². The van der Waals surface area contributed by atoms with Crippen LogP contribution in [-0.2, 0) is 6.54 Å². The number of hydrogen-bond acceptors (Lipinski definition) is 7. The second-order valence-electron chi connectivity index (χ2n) is 6.69. The van der Waals surface area contributed by atoms with E-state index in [0.717, 1.165) is 21.5 Å². The predicted molar refractivity (Wildman–Crippen MR) is 116 cm³/mol. The van der Waals surface area contributed by atoms with Crippen molar-refractivity contribution >= 4 is 27.0 Å². The van der Waals surface area contributed by atoms with Crippen molar-refractivity contribution in [1.29, 1.82) is 0 Å². The van der Waals surface area contributed by atoms with Gasteiger partial charge < -0.3 is 9.26 Å². The molecular weight excluding hydrogens is 464 g/mol. The van der Waals surface area contributed by atoms with Crippen LogP contribution in [0.5, 0.6) is 5.75 Å². The van der Waals surface area contributed by atoms with Crippen LogP contribution in [0, 0.1) is 0 Å². The molecule has 0 fully saturated rings. The van der Waals surface area contributed by atoms with Crippen molar-refractivity contribution in [2.24, 2.45) is 0 Å². The predicted octanol–water partition coefficient (Wildman–Crippen LogP) is 3.45. The maximum atomic E-state index is 13.0. The molecule has 0 aliphatic heterocycles. The topological polar surface area (TPSA) is 101 Å². The molecule has 0 bridgehead atoms. The second kappa shape index (κ2) is 7.80. The van der Waals surface area contributed by atoms with E-state index in [9.17, 15) is 4.79 Å². The van der Waals surface area contributed by atoms with Gasteiger partial charge in [0.1, 0.15) is 24.0 Å². The van der Waals surface area contributed by atoms with E-state index in [0.29, 0.717) is 22.7 Å². The SMILES string of the molecule is COc1ccc(-n2ncc3c(=O)n(Cc4nc(-c5cccc(Br)c5)no4)cnc32)cc1. The molecule has 0 N–H and O–H groups in total. The number of rotatable bonds is 5. The van der Waals surface area contributed by atoms with E-state index in [-0.39, 0.29) is 12.1 Å². The van der Waals surface area contributed by atoms with E-state index in [2.05, 4.69) is 36.2 Å². The van der Waals surface area contributed by atoms with Crippen molar-refractivity contribution in [2.45, 2.75) is 6.54 Å².